The van der Waals surface area contributed by atoms with Crippen LogP contribution in [-0.4, -0.2) is 34.7 Å². The fraction of sp³-hybridized carbons (Fsp3) is 0.158. The number of hydrogen-bond acceptors (Lipinski definition) is 7. The molecule has 4 aromatic rings. The normalized spacial score (nSPS) is 10.9. The van der Waals surface area contributed by atoms with Crippen molar-refractivity contribution in [2.45, 2.75) is 24.0 Å². The summed E-state index contributed by atoms with van der Waals surface area (Å²) in [6.45, 7) is 4.00. The molecule has 0 atom stereocenters. The molecule has 0 amide bonds. The van der Waals surface area contributed by atoms with E-state index in [4.69, 9.17) is 4.98 Å². The van der Waals surface area contributed by atoms with Crippen LogP contribution < -0.4 is 0 Å². The summed E-state index contributed by atoms with van der Waals surface area (Å²) < 4.78 is 1.96. The van der Waals surface area contributed by atoms with Crippen molar-refractivity contribution in [2.24, 2.45) is 7.05 Å². The molecule has 0 aliphatic heterocycles. The first kappa shape index (κ1) is 17.3. The Morgan fingerprint density at radius 2 is 1.70 bits per heavy atom. The summed E-state index contributed by atoms with van der Waals surface area (Å²) in [7, 11) is 1.95. The molecular formula is C19H17N7S. The number of nitrogens with zero attached hydrogens (tertiary/aromatic N) is 7. The minimum Gasteiger partial charge on any atom is -0.305 e. The Hall–Kier alpha value is -3.13. The molecule has 4 rings (SSSR count). The molecule has 0 saturated carbocycles. The predicted octanol–water partition coefficient (Wildman–Crippen LogP) is 3.50. The van der Waals surface area contributed by atoms with E-state index in [9.17, 15) is 0 Å². The highest BCUT2D eigenvalue weighted by Gasteiger charge is 2.16. The maximum absolute atomic E-state index is 4.74. The smallest absolute Gasteiger partial charge is 0.197 e. The first-order valence-electron chi connectivity index (χ1n) is 8.37. The van der Waals surface area contributed by atoms with Crippen LogP contribution in [0, 0.1) is 13.8 Å². The van der Waals surface area contributed by atoms with Gasteiger partial charge in [0.25, 0.3) is 0 Å². The molecule has 0 aromatic carbocycles. The van der Waals surface area contributed by atoms with Gasteiger partial charge < -0.3 is 4.57 Å². The van der Waals surface area contributed by atoms with Crippen LogP contribution in [0.4, 0.5) is 0 Å². The van der Waals surface area contributed by atoms with E-state index in [0.29, 0.717) is 5.82 Å². The van der Waals surface area contributed by atoms with Gasteiger partial charge in [0, 0.05) is 54.2 Å². The van der Waals surface area contributed by atoms with Gasteiger partial charge in [0.15, 0.2) is 16.8 Å². The second-order valence-corrected chi connectivity index (χ2v) is 6.96. The SMILES string of the molecule is Cc1nc(-c2cccnc2)nc(Sc2nnc(-c3ccncc3)n2C)c1C. The minimum absolute atomic E-state index is 0.658. The van der Waals surface area contributed by atoms with E-state index in [0.717, 1.165) is 38.4 Å². The zero-order valence-electron chi connectivity index (χ0n) is 15.2. The average molecular weight is 375 g/mol. The number of pyridine rings is 2. The summed E-state index contributed by atoms with van der Waals surface area (Å²) in [4.78, 5) is 17.6. The molecule has 4 aromatic heterocycles. The van der Waals surface area contributed by atoms with Crippen molar-refractivity contribution in [1.29, 1.82) is 0 Å². The highest BCUT2D eigenvalue weighted by molar-refractivity contribution is 7.99. The lowest BCUT2D eigenvalue weighted by atomic mass is 10.2. The Kier molecular flexibility index (Phi) is 4.64. The van der Waals surface area contributed by atoms with Crippen molar-refractivity contribution in [1.82, 2.24) is 34.7 Å². The van der Waals surface area contributed by atoms with E-state index in [1.807, 2.05) is 49.7 Å². The first-order chi connectivity index (χ1) is 13.1. The van der Waals surface area contributed by atoms with E-state index in [-0.39, 0.29) is 0 Å². The molecule has 4 heterocycles. The summed E-state index contributed by atoms with van der Waals surface area (Å²) in [5, 5.41) is 10.3. The average Bonchev–Trinajstić information content (AvgIpc) is 3.07. The summed E-state index contributed by atoms with van der Waals surface area (Å²) in [5.41, 5.74) is 3.82. The second-order valence-electron chi connectivity index (χ2n) is 6.01. The quantitative estimate of drug-likeness (QED) is 0.505. The van der Waals surface area contributed by atoms with E-state index in [1.165, 1.54) is 11.8 Å². The van der Waals surface area contributed by atoms with Crippen LogP contribution in [0.5, 0.6) is 0 Å². The minimum atomic E-state index is 0.658. The van der Waals surface area contributed by atoms with Crippen LogP contribution in [0.25, 0.3) is 22.8 Å². The molecule has 0 saturated heterocycles. The first-order valence-corrected chi connectivity index (χ1v) is 9.18. The highest BCUT2D eigenvalue weighted by Crippen LogP contribution is 2.31. The van der Waals surface area contributed by atoms with Crippen LogP contribution >= 0.6 is 11.8 Å². The summed E-state index contributed by atoms with van der Waals surface area (Å²) in [6.07, 6.45) is 6.99. The van der Waals surface area contributed by atoms with E-state index < -0.39 is 0 Å². The molecule has 0 unspecified atom stereocenters. The zero-order valence-corrected chi connectivity index (χ0v) is 16.0. The Morgan fingerprint density at radius 1 is 0.889 bits per heavy atom. The fourth-order valence-electron chi connectivity index (χ4n) is 2.57. The number of rotatable bonds is 4. The Bertz CT molecular complexity index is 1080. The van der Waals surface area contributed by atoms with Crippen molar-refractivity contribution in [2.75, 3.05) is 0 Å². The maximum Gasteiger partial charge on any atom is 0.197 e. The lowest BCUT2D eigenvalue weighted by Crippen LogP contribution is -2.00. The predicted molar refractivity (Wildman–Crippen MR) is 103 cm³/mol. The molecule has 0 fully saturated rings. The molecule has 7 nitrogen and oxygen atoms in total. The topological polar surface area (TPSA) is 82.3 Å². The van der Waals surface area contributed by atoms with Gasteiger partial charge in [-0.1, -0.05) is 0 Å². The maximum atomic E-state index is 4.74. The highest BCUT2D eigenvalue weighted by atomic mass is 32.2. The van der Waals surface area contributed by atoms with Crippen molar-refractivity contribution < 1.29 is 0 Å². The number of hydrogen-bond donors (Lipinski definition) is 0. The monoisotopic (exact) mass is 375 g/mol. The molecule has 0 spiro atoms. The van der Waals surface area contributed by atoms with E-state index >= 15 is 0 Å². The van der Waals surface area contributed by atoms with Crippen LogP contribution in [0.3, 0.4) is 0 Å². The second kappa shape index (κ2) is 7.24. The molecule has 0 aliphatic rings. The summed E-state index contributed by atoms with van der Waals surface area (Å²) >= 11 is 1.48. The molecule has 0 bridgehead atoms. The van der Waals surface area contributed by atoms with Crippen molar-refractivity contribution in [3.8, 4) is 22.8 Å². The third-order valence-corrected chi connectivity index (χ3v) is 5.35. The van der Waals surface area contributed by atoms with Gasteiger partial charge >= 0.3 is 0 Å². The van der Waals surface area contributed by atoms with Gasteiger partial charge in [0.05, 0.1) is 0 Å². The molecule has 27 heavy (non-hydrogen) atoms. The summed E-state index contributed by atoms with van der Waals surface area (Å²) in [5.74, 6) is 1.45. The lowest BCUT2D eigenvalue weighted by molar-refractivity contribution is 0.791. The molecular weight excluding hydrogens is 358 g/mol. The van der Waals surface area contributed by atoms with Gasteiger partial charge in [-0.25, -0.2) is 9.97 Å². The summed E-state index contributed by atoms with van der Waals surface area (Å²) in [6, 6.07) is 7.66. The Morgan fingerprint density at radius 3 is 2.44 bits per heavy atom. The zero-order chi connectivity index (χ0) is 18.8. The fourth-order valence-corrected chi connectivity index (χ4v) is 3.48. The van der Waals surface area contributed by atoms with Gasteiger partial charge in [0.2, 0.25) is 0 Å². The van der Waals surface area contributed by atoms with Gasteiger partial charge in [-0.15, -0.1) is 10.2 Å². The third-order valence-electron chi connectivity index (χ3n) is 4.23. The molecule has 0 N–H and O–H groups in total. The van der Waals surface area contributed by atoms with Crippen LogP contribution in [-0.2, 0) is 7.05 Å². The van der Waals surface area contributed by atoms with Gasteiger partial charge in [0.1, 0.15) is 5.03 Å². The molecule has 8 heteroatoms. The van der Waals surface area contributed by atoms with Gasteiger partial charge in [-0.2, -0.15) is 0 Å². The van der Waals surface area contributed by atoms with Gasteiger partial charge in [-0.05, 0) is 49.9 Å². The van der Waals surface area contributed by atoms with E-state index in [2.05, 4.69) is 25.1 Å². The van der Waals surface area contributed by atoms with Crippen LogP contribution in [0.1, 0.15) is 11.3 Å². The van der Waals surface area contributed by atoms with Crippen LogP contribution in [0.15, 0.2) is 59.2 Å². The molecule has 134 valence electrons. The standard InChI is InChI=1S/C19H17N7S/c1-12-13(2)22-16(15-5-4-8-21-11-15)23-18(12)27-19-25-24-17(26(19)3)14-6-9-20-10-7-14/h4-11H,1-3H3. The van der Waals surface area contributed by atoms with Crippen molar-refractivity contribution in [3.63, 3.8) is 0 Å². The molecule has 0 aliphatic carbocycles. The van der Waals surface area contributed by atoms with Crippen molar-refractivity contribution in [3.05, 3.63) is 60.3 Å². The Labute approximate surface area is 161 Å². The van der Waals surface area contributed by atoms with Crippen molar-refractivity contribution >= 4 is 11.8 Å². The number of aromatic nitrogens is 7. The van der Waals surface area contributed by atoms with Crippen LogP contribution in [0.2, 0.25) is 0 Å². The number of aryl methyl sites for hydroxylation is 1. The lowest BCUT2D eigenvalue weighted by Gasteiger charge is -2.10. The largest absolute Gasteiger partial charge is 0.305 e. The van der Waals surface area contributed by atoms with Gasteiger partial charge in [-0.3, -0.25) is 9.97 Å². The molecule has 0 radical (unpaired) electrons. The third kappa shape index (κ3) is 3.43. The Balaban J connectivity index is 1.71. The van der Waals surface area contributed by atoms with E-state index in [1.54, 1.807) is 24.8 Å².